The molecule has 0 atom stereocenters. The van der Waals surface area contributed by atoms with Crippen molar-refractivity contribution in [2.24, 2.45) is 0 Å². The second kappa shape index (κ2) is 61.9. The van der Waals surface area contributed by atoms with Crippen molar-refractivity contribution in [3.8, 4) is 45.6 Å². The number of carbonyl (C=O) groups excluding carboxylic acids is 5. The van der Waals surface area contributed by atoms with Crippen molar-refractivity contribution in [2.45, 2.75) is 99.9 Å². The molecule has 0 unspecified atom stereocenters. The minimum Gasteiger partial charge on any atom is -0.469 e. The SMILES string of the molecule is BrBr.C1CCOC1.CCN(CC)CC.CCOP(=O)(CC(=O)OC)OCC.COC(=O)/C(Br)=C(/Br)c1ccnc(-c2cc(C)cc(C(F)(F)F)c2)n1.COC(=O)/C(Br)=C/c1ccnc(-c2cc(C)cc(C(F)(F)F)c2)n1.COC(=O)/C=C\c1ccnc(-c2cc(C)cc(C(F)(F)F)c2)n1.Cc1cc(-c2nccc(C=O)n2)cc(C(F)(F)F)c1.ClCCl.OB(O)c1cncnc1. The van der Waals surface area contributed by atoms with Crippen molar-refractivity contribution in [3.05, 3.63) is 223 Å². The molecule has 2 N–H and O–H groups in total. The Morgan fingerprint density at radius 1 is 0.523 bits per heavy atom. The summed E-state index contributed by atoms with van der Waals surface area (Å²) < 4.78 is 199. The number of alkyl halides is 14. The van der Waals surface area contributed by atoms with Gasteiger partial charge < -0.3 is 47.7 Å². The highest BCUT2D eigenvalue weighted by Crippen LogP contribution is 2.48. The number of nitrogens with zero attached hydrogens (tertiary/aromatic N) is 11. The number of aryl methyl sites for hydroxylation is 4. The van der Waals surface area contributed by atoms with Crippen LogP contribution in [0.1, 0.15) is 120 Å². The molecule has 5 aromatic heterocycles. The molecule has 9 aromatic rings. The van der Waals surface area contributed by atoms with E-state index in [-0.39, 0.29) is 84.9 Å². The van der Waals surface area contributed by atoms with E-state index < -0.39 is 85.6 Å². The molecule has 0 saturated carbocycles. The third-order valence-electron chi connectivity index (χ3n) is 15.7. The number of aromatic nitrogens is 10. The summed E-state index contributed by atoms with van der Waals surface area (Å²) in [6.45, 7) is 22.2. The number of halogens is 19. The summed E-state index contributed by atoms with van der Waals surface area (Å²) >= 11 is 24.4. The van der Waals surface area contributed by atoms with Gasteiger partial charge in [-0.1, -0.05) is 20.8 Å². The van der Waals surface area contributed by atoms with Gasteiger partial charge in [0.15, 0.2) is 29.6 Å². The van der Waals surface area contributed by atoms with Crippen molar-refractivity contribution in [1.29, 1.82) is 0 Å². The van der Waals surface area contributed by atoms with E-state index in [4.69, 9.17) is 47.0 Å². The van der Waals surface area contributed by atoms with Gasteiger partial charge in [0.25, 0.3) is 0 Å². The molecular formula is C83H90BBr5Cl2F12N11O15P. The lowest BCUT2D eigenvalue weighted by Gasteiger charge is -2.15. The molecule has 0 amide bonds. The van der Waals surface area contributed by atoms with Crippen LogP contribution in [-0.4, -0.2) is 188 Å². The van der Waals surface area contributed by atoms with E-state index in [1.165, 1.54) is 147 Å². The molecule has 10 rings (SSSR count). The van der Waals surface area contributed by atoms with E-state index >= 15 is 0 Å². The van der Waals surface area contributed by atoms with Gasteiger partial charge in [-0.3, -0.25) is 14.2 Å². The lowest BCUT2D eigenvalue weighted by atomic mass is 9.83. The topological polar surface area (TPSA) is 340 Å². The van der Waals surface area contributed by atoms with Gasteiger partial charge >= 0.3 is 63.3 Å². The Hall–Kier alpha value is -8.76. The fourth-order valence-corrected chi connectivity index (χ4v) is 12.5. The van der Waals surface area contributed by atoms with Gasteiger partial charge in [0.2, 0.25) is 0 Å². The first kappa shape index (κ1) is 119. The molecular weight excluding hydrogens is 2130 g/mol. The lowest BCUT2D eigenvalue weighted by Crippen LogP contribution is -2.30. The molecule has 0 radical (unpaired) electrons. The Bertz CT molecular complexity index is 5160. The maximum Gasteiger partial charge on any atom is 0.491 e. The second-order valence-corrected chi connectivity index (χ2v) is 30.7. The second-order valence-electron chi connectivity index (χ2n) is 25.4. The number of benzene rings is 4. The van der Waals surface area contributed by atoms with Crippen molar-refractivity contribution in [3.63, 3.8) is 0 Å². The van der Waals surface area contributed by atoms with Gasteiger partial charge in [-0.05, 0) is 253 Å². The van der Waals surface area contributed by atoms with Crippen LogP contribution in [0.4, 0.5) is 52.7 Å². The first-order valence-corrected chi connectivity index (χ1v) is 46.6. The highest BCUT2D eigenvalue weighted by atomic mass is 80.9. The molecule has 0 aliphatic carbocycles. The lowest BCUT2D eigenvalue weighted by molar-refractivity contribution is -0.138. The van der Waals surface area contributed by atoms with Gasteiger partial charge in [0, 0.05) is 112 Å². The summed E-state index contributed by atoms with van der Waals surface area (Å²) in [6, 6.07) is 20.3. The van der Waals surface area contributed by atoms with Crippen LogP contribution < -0.4 is 5.46 Å². The van der Waals surface area contributed by atoms with E-state index in [0.717, 1.165) is 61.7 Å². The largest absolute Gasteiger partial charge is 0.491 e. The van der Waals surface area contributed by atoms with Crippen LogP contribution >= 0.6 is 107 Å². The zero-order chi connectivity index (χ0) is 98.7. The average Bonchev–Trinajstić information content (AvgIpc) is 0.842. The Balaban J connectivity index is 0.000000765. The van der Waals surface area contributed by atoms with Crippen LogP contribution in [-0.2, 0) is 81.2 Å². The predicted octanol–water partition coefficient (Wildman–Crippen LogP) is 21.3. The van der Waals surface area contributed by atoms with Crippen LogP contribution in [0.2, 0.25) is 0 Å². The van der Waals surface area contributed by atoms with Crippen molar-refractivity contribution < 1.29 is 124 Å². The van der Waals surface area contributed by atoms with Crippen molar-refractivity contribution in [1.82, 2.24) is 54.7 Å². The molecule has 130 heavy (non-hydrogen) atoms. The van der Waals surface area contributed by atoms with E-state index in [0.29, 0.717) is 55.6 Å². The molecule has 708 valence electrons. The van der Waals surface area contributed by atoms with Gasteiger partial charge in [-0.2, -0.15) is 52.7 Å². The summed E-state index contributed by atoms with van der Waals surface area (Å²) in [5.41, 5.74) is 1.16. The number of esters is 4. The Kier molecular flexibility index (Phi) is 56.8. The molecule has 1 fully saturated rings. The van der Waals surface area contributed by atoms with Crippen LogP contribution in [0.3, 0.4) is 0 Å². The third kappa shape index (κ3) is 46.1. The highest BCUT2D eigenvalue weighted by Gasteiger charge is 2.35. The Morgan fingerprint density at radius 3 is 1.18 bits per heavy atom. The van der Waals surface area contributed by atoms with E-state index in [2.05, 4.69) is 171 Å². The zero-order valence-electron chi connectivity index (χ0n) is 71.7. The molecule has 6 heterocycles. The van der Waals surface area contributed by atoms with E-state index in [1.807, 2.05) is 0 Å². The van der Waals surface area contributed by atoms with Gasteiger partial charge in [0.1, 0.15) is 27.1 Å². The molecule has 4 aromatic carbocycles. The number of hydrogen-bond donors (Lipinski definition) is 2. The van der Waals surface area contributed by atoms with Gasteiger partial charge in [0.05, 0.1) is 90.8 Å². The standard InChI is InChI=1S/C16H11Br2F3N2O2.C16H12BrF3N2O2.C16H13F3N2O2.C13H9F3N2O.C7H15O5P.C6H15N.C4H5BN2O2.C4H8O.CH2Cl2.Br2/c1-8-5-9(7-10(6-8)16(19,20)21)14-22-4-3-11(23-14)12(17)13(18)15(24)25-2;1-9-5-10(7-11(6-9)16(18,19)20)14-21-4-3-12(22-14)8-13(17)15(23)24-2;1-10-7-11(9-12(8-10)16(17,18)19)15-20-6-5-13(21-15)3-4-14(22)23-2;1-8-4-9(6-10(5-8)13(14,15)16)12-17-3-2-11(7-19)18-12;1-4-11-13(9,12-5-2)6-7(8)10-3;1-4-7(5-2)6-3;8-5(9)4-1-6-3-7-2-4;1-2-4-5-3-1;2-1-3;1-2/h3-7H,1-2H3;3-8H,1-2H3;3-9H,1-2H3;2-7H,1H3;4-6H2,1-3H3;4-6H2,1-3H3;1-3,8-9H;1-4H2;1H2;/b13-12-;13-8-;4-3-;;;;;;;. The van der Waals surface area contributed by atoms with Crippen LogP contribution in [0.25, 0.3) is 62.2 Å². The molecule has 26 nitrogen and oxygen atoms in total. The summed E-state index contributed by atoms with van der Waals surface area (Å²) in [6.07, 6.45) is -1.51. The number of carbonyl (C=O) groups is 5. The smallest absolute Gasteiger partial charge is 0.469 e. The van der Waals surface area contributed by atoms with Crippen LogP contribution in [0.5, 0.6) is 0 Å². The normalized spacial score (nSPS) is 11.8. The maximum atomic E-state index is 13.0. The molecule has 1 aliphatic heterocycles. The van der Waals surface area contributed by atoms with Crippen molar-refractivity contribution in [2.75, 3.05) is 86.0 Å². The molecule has 1 saturated heterocycles. The molecule has 0 spiro atoms. The minimum atomic E-state index is -4.47. The predicted molar refractivity (Wildman–Crippen MR) is 489 cm³/mol. The number of methoxy groups -OCH3 is 4. The van der Waals surface area contributed by atoms with Crippen molar-refractivity contribution >= 4 is 166 Å². The zero-order valence-corrected chi connectivity index (χ0v) is 82.0. The monoisotopic (exact) mass is 2220 g/mol. The first-order chi connectivity index (χ1) is 61.2. The fraction of sp³-hybridized carbons (Fsp3) is 0.337. The molecule has 1 aliphatic rings. The summed E-state index contributed by atoms with van der Waals surface area (Å²) in [5, 5.41) is 17.2. The quantitative estimate of drug-likeness (QED) is 0.00986. The van der Waals surface area contributed by atoms with Gasteiger partial charge in [-0.15, -0.1) is 23.2 Å². The Labute approximate surface area is 793 Å². The number of aldehydes is 1. The molecule has 0 bridgehead atoms. The number of rotatable bonds is 21. The maximum absolute atomic E-state index is 13.0. The summed E-state index contributed by atoms with van der Waals surface area (Å²) in [5.74, 6) is -1.89. The van der Waals surface area contributed by atoms with Crippen LogP contribution in [0, 0.1) is 27.7 Å². The van der Waals surface area contributed by atoms with Crippen LogP contribution in [0.15, 0.2) is 156 Å². The molecule has 47 heteroatoms. The summed E-state index contributed by atoms with van der Waals surface area (Å²) in [7, 11) is 0.187. The highest BCUT2D eigenvalue weighted by molar-refractivity contribution is 9.93. The minimum absolute atomic E-state index is 0.0961. The average molecular weight is 2220 g/mol. The number of hydrogen-bond acceptors (Lipinski definition) is 26. The van der Waals surface area contributed by atoms with E-state index in [9.17, 15) is 81.2 Å². The Morgan fingerprint density at radius 2 is 0.877 bits per heavy atom. The van der Waals surface area contributed by atoms with Gasteiger partial charge in [-0.25, -0.2) is 64.2 Å². The van der Waals surface area contributed by atoms with E-state index in [1.54, 1.807) is 65.8 Å². The summed E-state index contributed by atoms with van der Waals surface area (Å²) in [4.78, 5) is 97.3. The fourth-order valence-electron chi connectivity index (χ4n) is 9.87. The third-order valence-corrected chi connectivity index (χ3v) is 20.3. The number of ether oxygens (including phenoxy) is 5. The first-order valence-electron chi connectivity index (χ1n) is 37.7.